The van der Waals surface area contributed by atoms with Crippen LogP contribution in [0.15, 0.2) is 30.3 Å². The van der Waals surface area contributed by atoms with Crippen molar-refractivity contribution in [1.29, 1.82) is 0 Å². The molecule has 0 heterocycles. The summed E-state index contributed by atoms with van der Waals surface area (Å²) in [5, 5.41) is 10.4. The average Bonchev–Trinajstić information content (AvgIpc) is 2.45. The maximum absolute atomic E-state index is 13.9. The lowest BCUT2D eigenvalue weighted by atomic mass is 9.83. The third kappa shape index (κ3) is 2.65. The van der Waals surface area contributed by atoms with Gasteiger partial charge in [0.15, 0.2) is 11.6 Å². The number of aryl methyl sites for hydroxylation is 2. The summed E-state index contributed by atoms with van der Waals surface area (Å²) in [7, 11) is 0. The van der Waals surface area contributed by atoms with E-state index in [1.165, 1.54) is 13.8 Å². The third-order valence-electron chi connectivity index (χ3n) is 3.76. The summed E-state index contributed by atoms with van der Waals surface area (Å²) in [6, 6.07) is 4.31. The zero-order valence-electron chi connectivity index (χ0n) is 12.3. The molecule has 0 saturated carbocycles. The number of alkyl halides is 3. The number of hydrogen-bond acceptors (Lipinski definition) is 2. The second-order valence-corrected chi connectivity index (χ2v) is 5.33. The molecule has 23 heavy (non-hydrogen) atoms. The Labute approximate surface area is 129 Å². The van der Waals surface area contributed by atoms with Gasteiger partial charge in [0.2, 0.25) is 5.60 Å². The van der Waals surface area contributed by atoms with Gasteiger partial charge in [0, 0.05) is 11.3 Å². The topological polar surface area (TPSA) is 46.2 Å². The summed E-state index contributed by atoms with van der Waals surface area (Å²) in [4.78, 5) is 0. The van der Waals surface area contributed by atoms with E-state index in [9.17, 15) is 27.1 Å². The second kappa shape index (κ2) is 5.49. The highest BCUT2D eigenvalue weighted by Gasteiger charge is 2.58. The van der Waals surface area contributed by atoms with Gasteiger partial charge in [-0.25, -0.2) is 8.78 Å². The van der Waals surface area contributed by atoms with Gasteiger partial charge in [-0.15, -0.1) is 0 Å². The summed E-state index contributed by atoms with van der Waals surface area (Å²) in [5.74, 6) is -3.23. The summed E-state index contributed by atoms with van der Waals surface area (Å²) in [5.41, 5.74) is 1.02. The number of benzene rings is 2. The number of nitrogens with two attached hydrogens (primary N) is 1. The van der Waals surface area contributed by atoms with Gasteiger partial charge in [-0.3, -0.25) is 0 Å². The molecular weight excluding hydrogens is 317 g/mol. The Balaban J connectivity index is 2.84. The lowest BCUT2D eigenvalue weighted by Gasteiger charge is -2.32. The SMILES string of the molecule is Cc1cc(C(O)(c2cccc(F)c2F)C(F)(F)F)cc(C)c1N. The van der Waals surface area contributed by atoms with Crippen molar-refractivity contribution < 1.29 is 27.1 Å². The summed E-state index contributed by atoms with van der Waals surface area (Å²) in [6.07, 6.45) is -5.27. The fourth-order valence-electron chi connectivity index (χ4n) is 2.44. The molecule has 2 nitrogen and oxygen atoms in total. The van der Waals surface area contributed by atoms with Crippen molar-refractivity contribution >= 4 is 5.69 Å². The van der Waals surface area contributed by atoms with Gasteiger partial charge in [0.1, 0.15) is 0 Å². The van der Waals surface area contributed by atoms with E-state index >= 15 is 0 Å². The molecule has 0 bridgehead atoms. The van der Waals surface area contributed by atoms with Crippen LogP contribution in [0.25, 0.3) is 0 Å². The number of aliphatic hydroxyl groups is 1. The molecule has 0 aliphatic carbocycles. The molecule has 0 aliphatic rings. The highest BCUT2D eigenvalue weighted by atomic mass is 19.4. The van der Waals surface area contributed by atoms with Crippen LogP contribution in [0, 0.1) is 25.5 Å². The van der Waals surface area contributed by atoms with Crippen molar-refractivity contribution in [3.8, 4) is 0 Å². The monoisotopic (exact) mass is 331 g/mol. The van der Waals surface area contributed by atoms with E-state index in [0.29, 0.717) is 23.3 Å². The Kier molecular flexibility index (Phi) is 4.11. The van der Waals surface area contributed by atoms with E-state index in [-0.39, 0.29) is 5.69 Å². The minimum Gasteiger partial charge on any atom is -0.398 e. The zero-order chi connectivity index (χ0) is 17.6. The van der Waals surface area contributed by atoms with Crippen LogP contribution >= 0.6 is 0 Å². The molecule has 0 aliphatic heterocycles. The van der Waals surface area contributed by atoms with E-state index in [4.69, 9.17) is 5.73 Å². The van der Waals surface area contributed by atoms with Gasteiger partial charge in [-0.2, -0.15) is 13.2 Å². The average molecular weight is 331 g/mol. The third-order valence-corrected chi connectivity index (χ3v) is 3.76. The zero-order valence-corrected chi connectivity index (χ0v) is 12.3. The first kappa shape index (κ1) is 17.2. The molecule has 0 fully saturated rings. The van der Waals surface area contributed by atoms with Gasteiger partial charge in [0.05, 0.1) is 0 Å². The van der Waals surface area contributed by atoms with E-state index in [1.54, 1.807) is 0 Å². The number of rotatable bonds is 2. The Hall–Kier alpha value is -2.15. The standard InChI is InChI=1S/C16H14F5NO/c1-8-6-10(7-9(2)14(8)22)15(23,16(19,20)21)11-4-3-5-12(17)13(11)18/h3-7,23H,22H2,1-2H3. The maximum Gasteiger partial charge on any atom is 0.425 e. The van der Waals surface area contributed by atoms with E-state index in [0.717, 1.165) is 18.2 Å². The minimum absolute atomic E-state index is 0.262. The van der Waals surface area contributed by atoms with E-state index in [1.807, 2.05) is 0 Å². The van der Waals surface area contributed by atoms with Crippen LogP contribution in [0.3, 0.4) is 0 Å². The predicted molar refractivity (Wildman–Crippen MR) is 75.7 cm³/mol. The first-order chi connectivity index (χ1) is 10.5. The fraction of sp³-hybridized carbons (Fsp3) is 0.250. The quantitative estimate of drug-likeness (QED) is 0.646. The van der Waals surface area contributed by atoms with Crippen molar-refractivity contribution in [2.45, 2.75) is 25.6 Å². The fourth-order valence-corrected chi connectivity index (χ4v) is 2.44. The highest BCUT2D eigenvalue weighted by Crippen LogP contribution is 2.46. The summed E-state index contributed by atoms with van der Waals surface area (Å²) >= 11 is 0. The van der Waals surface area contributed by atoms with E-state index < -0.39 is 34.5 Å². The first-order valence-electron chi connectivity index (χ1n) is 6.61. The number of halogens is 5. The van der Waals surface area contributed by atoms with Crippen LogP contribution in [0.2, 0.25) is 0 Å². The molecule has 0 amide bonds. The molecular formula is C16H14F5NO. The normalized spacial score (nSPS) is 14.6. The lowest BCUT2D eigenvalue weighted by molar-refractivity contribution is -0.249. The smallest absolute Gasteiger partial charge is 0.398 e. The Morgan fingerprint density at radius 2 is 1.52 bits per heavy atom. The van der Waals surface area contributed by atoms with Crippen LogP contribution in [-0.2, 0) is 5.60 Å². The second-order valence-electron chi connectivity index (χ2n) is 5.33. The molecule has 2 aromatic rings. The molecule has 2 rings (SSSR count). The predicted octanol–water partition coefficient (Wildman–Crippen LogP) is 3.96. The molecule has 0 aromatic heterocycles. The van der Waals surface area contributed by atoms with Crippen LogP contribution in [0.1, 0.15) is 22.3 Å². The highest BCUT2D eigenvalue weighted by molar-refractivity contribution is 5.56. The van der Waals surface area contributed by atoms with Gasteiger partial charge >= 0.3 is 6.18 Å². The molecule has 124 valence electrons. The van der Waals surface area contributed by atoms with Crippen molar-refractivity contribution in [2.24, 2.45) is 0 Å². The molecule has 0 radical (unpaired) electrons. The largest absolute Gasteiger partial charge is 0.425 e. The Morgan fingerprint density at radius 1 is 1.00 bits per heavy atom. The van der Waals surface area contributed by atoms with Crippen molar-refractivity contribution in [3.05, 3.63) is 64.2 Å². The number of nitrogen functional groups attached to an aromatic ring is 1. The maximum atomic E-state index is 13.9. The Bertz CT molecular complexity index is 734. The number of anilines is 1. The van der Waals surface area contributed by atoms with Crippen LogP contribution in [-0.4, -0.2) is 11.3 Å². The van der Waals surface area contributed by atoms with Crippen molar-refractivity contribution in [1.82, 2.24) is 0 Å². The molecule has 1 unspecified atom stereocenters. The van der Waals surface area contributed by atoms with E-state index in [2.05, 4.69) is 0 Å². The van der Waals surface area contributed by atoms with Gasteiger partial charge in [-0.05, 0) is 36.6 Å². The summed E-state index contributed by atoms with van der Waals surface area (Å²) in [6.45, 7) is 2.93. The Morgan fingerprint density at radius 3 is 2.00 bits per heavy atom. The van der Waals surface area contributed by atoms with Gasteiger partial charge < -0.3 is 10.8 Å². The molecule has 0 spiro atoms. The van der Waals surface area contributed by atoms with Gasteiger partial charge in [0.25, 0.3) is 0 Å². The van der Waals surface area contributed by atoms with Gasteiger partial charge in [-0.1, -0.05) is 24.3 Å². The molecule has 0 saturated heterocycles. The molecule has 1 atom stereocenters. The molecule has 2 aromatic carbocycles. The van der Waals surface area contributed by atoms with Crippen LogP contribution in [0.5, 0.6) is 0 Å². The molecule has 3 N–H and O–H groups in total. The number of hydrogen-bond donors (Lipinski definition) is 2. The lowest BCUT2D eigenvalue weighted by Crippen LogP contribution is -2.44. The summed E-state index contributed by atoms with van der Waals surface area (Å²) < 4.78 is 68.0. The van der Waals surface area contributed by atoms with Crippen molar-refractivity contribution in [3.63, 3.8) is 0 Å². The first-order valence-corrected chi connectivity index (χ1v) is 6.61. The van der Waals surface area contributed by atoms with Crippen molar-refractivity contribution in [2.75, 3.05) is 5.73 Å². The van der Waals surface area contributed by atoms with Crippen LogP contribution in [0.4, 0.5) is 27.6 Å². The molecule has 7 heteroatoms. The minimum atomic E-state index is -5.27. The van der Waals surface area contributed by atoms with Crippen LogP contribution < -0.4 is 5.73 Å².